The molecule has 0 aliphatic rings. The van der Waals surface area contributed by atoms with E-state index in [2.05, 4.69) is 19.2 Å². The number of benzene rings is 1. The van der Waals surface area contributed by atoms with Crippen molar-refractivity contribution in [3.05, 3.63) is 45.6 Å². The third kappa shape index (κ3) is 13.3. The van der Waals surface area contributed by atoms with E-state index in [9.17, 15) is 19.2 Å². The Morgan fingerprint density at radius 3 is 2.02 bits per heavy atom. The summed E-state index contributed by atoms with van der Waals surface area (Å²) >= 11 is -1.02. The zero-order valence-electron chi connectivity index (χ0n) is 29.7. The van der Waals surface area contributed by atoms with Gasteiger partial charge in [0.05, 0.1) is 0 Å². The maximum atomic E-state index is 14.2. The molecule has 0 saturated heterocycles. The fourth-order valence-electron chi connectivity index (χ4n) is 4.51. The molecule has 10 heteroatoms. The molecule has 0 radical (unpaired) electrons. The number of nitrogens with one attached hydrogen (secondary N) is 1. The number of rotatable bonds is 14. The van der Waals surface area contributed by atoms with Gasteiger partial charge in [0.1, 0.15) is 0 Å². The maximum absolute atomic E-state index is 14.2. The molecule has 9 nitrogen and oxygen atoms in total. The molecule has 0 fully saturated rings. The zero-order chi connectivity index (χ0) is 34.8. The second-order valence-corrected chi connectivity index (χ2v) is 17.1. The van der Waals surface area contributed by atoms with Gasteiger partial charge in [-0.1, -0.05) is 0 Å². The Morgan fingerprint density at radius 1 is 0.956 bits per heavy atom. The molecule has 0 heterocycles. The van der Waals surface area contributed by atoms with Gasteiger partial charge in [-0.3, -0.25) is 0 Å². The Kier molecular flexibility index (Phi) is 15.6. The van der Waals surface area contributed by atoms with Crippen LogP contribution in [0.2, 0.25) is 0 Å². The van der Waals surface area contributed by atoms with E-state index >= 15 is 0 Å². The molecular weight excluding hydrogens is 685 g/mol. The van der Waals surface area contributed by atoms with E-state index in [0.717, 1.165) is 12.0 Å². The van der Waals surface area contributed by atoms with Crippen LogP contribution in [-0.4, -0.2) is 70.8 Å². The topological polar surface area (TPSA) is 105 Å². The van der Waals surface area contributed by atoms with Gasteiger partial charge in [0.25, 0.3) is 0 Å². The normalized spacial score (nSPS) is 14.0. The van der Waals surface area contributed by atoms with Gasteiger partial charge in [-0.05, 0) is 0 Å². The third-order valence-corrected chi connectivity index (χ3v) is 9.77. The number of carbonyl (C=O) groups excluding carboxylic acids is 4. The average molecular weight is 743 g/mol. The first-order chi connectivity index (χ1) is 20.6. The summed E-state index contributed by atoms with van der Waals surface area (Å²) in [6.07, 6.45) is 0.890. The quantitative estimate of drug-likeness (QED) is 0.136. The van der Waals surface area contributed by atoms with E-state index in [1.54, 1.807) is 44.9 Å². The zero-order valence-corrected chi connectivity index (χ0v) is 31.9. The average Bonchev–Trinajstić information content (AvgIpc) is 2.92. The first-order valence-electron chi connectivity index (χ1n) is 15.7. The number of likely N-dealkylation sites (N-methyl/N-ethyl adjacent to an activating group) is 1. The van der Waals surface area contributed by atoms with Gasteiger partial charge in [0, 0.05) is 0 Å². The number of ether oxygens (including phenoxy) is 2. The van der Waals surface area contributed by atoms with Crippen molar-refractivity contribution in [1.29, 1.82) is 0 Å². The van der Waals surface area contributed by atoms with Crippen molar-refractivity contribution in [2.75, 3.05) is 27.2 Å². The van der Waals surface area contributed by atoms with Crippen LogP contribution in [0.3, 0.4) is 0 Å². The second-order valence-electron chi connectivity index (χ2n) is 14.5. The Hall–Kier alpha value is -2.63. The Morgan fingerprint density at radius 2 is 1.53 bits per heavy atom. The molecule has 0 spiro atoms. The number of esters is 1. The van der Waals surface area contributed by atoms with E-state index in [4.69, 9.17) is 9.47 Å². The third-order valence-electron chi connectivity index (χ3n) is 7.43. The number of halogens is 1. The van der Waals surface area contributed by atoms with Crippen LogP contribution in [0.4, 0.5) is 4.79 Å². The molecule has 0 aromatic heterocycles. The van der Waals surface area contributed by atoms with Crippen LogP contribution in [0.25, 0.3) is 0 Å². The van der Waals surface area contributed by atoms with Crippen LogP contribution in [0.1, 0.15) is 94.6 Å². The van der Waals surface area contributed by atoms with Crippen molar-refractivity contribution >= 4 is 23.9 Å². The number of amides is 3. The molecule has 1 rings (SSSR count). The number of hydrogen-bond acceptors (Lipinski definition) is 6. The van der Waals surface area contributed by atoms with Crippen molar-refractivity contribution in [3.8, 4) is 0 Å². The van der Waals surface area contributed by atoms with Gasteiger partial charge in [-0.25, -0.2) is 0 Å². The number of carbonyl (C=O) groups is 4. The van der Waals surface area contributed by atoms with Crippen LogP contribution >= 0.6 is 0 Å². The van der Waals surface area contributed by atoms with Crippen LogP contribution < -0.4 is 26.8 Å². The molecule has 2 atom stereocenters. The molecular formula is C35H57IN3O6-. The molecule has 3 amide bonds. The Bertz CT molecular complexity index is 1170. The predicted molar refractivity (Wildman–Crippen MR) is 175 cm³/mol. The standard InChI is InChI=1S/C35H57IN3O6/c1-14-44-31(42)25(21-20-24(2)3)22-36-39(13)30(41)28(33(4,5)6)37-29(40)27(23-38(12)32(43)45-34(7,8)9)35(10,11)26-18-16-15-17-19-26/h15-19,22,24,27-28H,14,20-21,23H2,1-13H3,(H,37,40)/q-1/b25-22+/t27-,28-/m1/s1. The monoisotopic (exact) mass is 742 g/mol. The van der Waals surface area contributed by atoms with Gasteiger partial charge in [0.2, 0.25) is 0 Å². The fraction of sp³-hybridized carbons (Fsp3) is 0.657. The summed E-state index contributed by atoms with van der Waals surface area (Å²) in [6, 6.07) is 8.84. The predicted octanol–water partition coefficient (Wildman–Crippen LogP) is 3.32. The first kappa shape index (κ1) is 40.4. The molecule has 1 aromatic rings. The molecule has 0 bridgehead atoms. The Balaban J connectivity index is 3.38. The van der Waals surface area contributed by atoms with Crippen molar-refractivity contribution in [2.45, 2.75) is 106 Å². The summed E-state index contributed by atoms with van der Waals surface area (Å²) in [7, 11) is 3.33. The molecule has 45 heavy (non-hydrogen) atoms. The van der Waals surface area contributed by atoms with E-state index in [1.807, 2.05) is 69.0 Å². The number of nitrogens with zero attached hydrogens (tertiary/aromatic N) is 2. The molecule has 1 aromatic carbocycles. The molecule has 0 aliphatic carbocycles. The molecule has 0 saturated carbocycles. The van der Waals surface area contributed by atoms with Gasteiger partial charge in [-0.2, -0.15) is 0 Å². The summed E-state index contributed by atoms with van der Waals surface area (Å²) in [5.41, 5.74) is -0.480. The van der Waals surface area contributed by atoms with Crippen molar-refractivity contribution in [2.24, 2.45) is 17.3 Å². The first-order valence-corrected chi connectivity index (χ1v) is 17.9. The summed E-state index contributed by atoms with van der Waals surface area (Å²) in [4.78, 5) is 55.1. The van der Waals surface area contributed by atoms with Gasteiger partial charge in [0.15, 0.2) is 0 Å². The van der Waals surface area contributed by atoms with Crippen LogP contribution in [0, 0.1) is 17.3 Å². The minimum atomic E-state index is -1.02. The summed E-state index contributed by atoms with van der Waals surface area (Å²) in [6.45, 7) is 21.4. The summed E-state index contributed by atoms with van der Waals surface area (Å²) in [5.74, 6) is -1.20. The van der Waals surface area contributed by atoms with Gasteiger partial charge >= 0.3 is 283 Å². The molecule has 0 aliphatic heterocycles. The summed E-state index contributed by atoms with van der Waals surface area (Å²) < 4.78 is 14.3. The molecule has 256 valence electrons. The van der Waals surface area contributed by atoms with Crippen molar-refractivity contribution in [3.63, 3.8) is 0 Å². The van der Waals surface area contributed by atoms with E-state index in [0.29, 0.717) is 17.9 Å². The van der Waals surface area contributed by atoms with Crippen molar-refractivity contribution in [1.82, 2.24) is 13.3 Å². The van der Waals surface area contributed by atoms with Gasteiger partial charge in [-0.15, -0.1) is 0 Å². The van der Waals surface area contributed by atoms with Crippen LogP contribution in [0.5, 0.6) is 0 Å². The molecule has 1 N–H and O–H groups in total. The fourth-order valence-corrected chi connectivity index (χ4v) is 6.39. The second kappa shape index (κ2) is 17.3. The number of hydrogen-bond donors (Lipinski definition) is 1. The Labute approximate surface area is 282 Å². The van der Waals surface area contributed by atoms with Crippen molar-refractivity contribution < 1.29 is 50.1 Å². The molecule has 0 unspecified atom stereocenters. The van der Waals surface area contributed by atoms with Crippen LogP contribution in [-0.2, 0) is 29.3 Å². The van der Waals surface area contributed by atoms with E-state index in [1.165, 1.54) is 4.90 Å². The SMILES string of the molecule is CCOC(=O)/C(=C/[I-]N(C)C(=O)[C@@H](NC(=O)[C@@H](CN(C)C(=O)OC(C)(C)C)C(C)(C)c1ccccc1)C(C)(C)C)CCC(C)C. The van der Waals surface area contributed by atoms with E-state index in [-0.39, 0.29) is 30.9 Å². The minimum absolute atomic E-state index is 0.0813. The van der Waals surface area contributed by atoms with Crippen LogP contribution in [0.15, 0.2) is 40.0 Å². The van der Waals surface area contributed by atoms with Gasteiger partial charge < -0.3 is 0 Å². The van der Waals surface area contributed by atoms with E-state index < -0.39 is 56.0 Å². The summed E-state index contributed by atoms with van der Waals surface area (Å²) in [5, 5.41) is 3.07.